The third kappa shape index (κ3) is 3.76. The van der Waals surface area contributed by atoms with Gasteiger partial charge in [0.1, 0.15) is 11.7 Å². The topological polar surface area (TPSA) is 95.4 Å². The number of nitrogens with two attached hydrogens (primary N) is 2. The molecule has 2 amide bonds. The smallest absolute Gasteiger partial charge is 0.229 e. The Bertz CT molecular complexity index is 418. The van der Waals surface area contributed by atoms with Gasteiger partial charge in [-0.1, -0.05) is 18.2 Å². The second-order valence-corrected chi connectivity index (χ2v) is 4.06. The fraction of sp³-hybridized carbons (Fsp3) is 0.385. The molecular formula is C13H18N2O3. The van der Waals surface area contributed by atoms with Crippen LogP contribution in [0.15, 0.2) is 24.3 Å². The number of para-hydroxylation sites is 1. The third-order valence-corrected chi connectivity index (χ3v) is 2.82. The number of ether oxygens (including phenoxy) is 1. The van der Waals surface area contributed by atoms with E-state index in [0.29, 0.717) is 19.3 Å². The largest absolute Gasteiger partial charge is 0.496 e. The van der Waals surface area contributed by atoms with Crippen LogP contribution in [0.4, 0.5) is 0 Å². The third-order valence-electron chi connectivity index (χ3n) is 2.82. The molecule has 0 atom stereocenters. The second kappa shape index (κ2) is 6.64. The molecule has 0 aromatic heterocycles. The van der Waals surface area contributed by atoms with Gasteiger partial charge in [-0.15, -0.1) is 0 Å². The van der Waals surface area contributed by atoms with Gasteiger partial charge in [-0.05, 0) is 30.9 Å². The molecule has 0 fully saturated rings. The summed E-state index contributed by atoms with van der Waals surface area (Å²) < 4.78 is 5.21. The van der Waals surface area contributed by atoms with E-state index in [4.69, 9.17) is 16.2 Å². The van der Waals surface area contributed by atoms with E-state index >= 15 is 0 Å². The van der Waals surface area contributed by atoms with Gasteiger partial charge in [0.15, 0.2) is 0 Å². The van der Waals surface area contributed by atoms with Crippen LogP contribution in [0.25, 0.3) is 0 Å². The van der Waals surface area contributed by atoms with Crippen molar-refractivity contribution < 1.29 is 14.3 Å². The molecule has 0 aliphatic rings. The molecule has 0 spiro atoms. The monoisotopic (exact) mass is 250 g/mol. The highest BCUT2D eigenvalue weighted by Crippen LogP contribution is 2.20. The predicted octanol–water partition coefficient (Wildman–Crippen LogP) is 0.605. The normalized spacial score (nSPS) is 10.3. The lowest BCUT2D eigenvalue weighted by Crippen LogP contribution is -2.35. The molecule has 5 heteroatoms. The lowest BCUT2D eigenvalue weighted by Gasteiger charge is -2.10. The molecule has 0 saturated carbocycles. The molecule has 0 unspecified atom stereocenters. The van der Waals surface area contributed by atoms with E-state index in [2.05, 4.69) is 0 Å². The highest BCUT2D eigenvalue weighted by molar-refractivity contribution is 5.98. The molecule has 18 heavy (non-hydrogen) atoms. The van der Waals surface area contributed by atoms with Gasteiger partial charge in [-0.25, -0.2) is 0 Å². The summed E-state index contributed by atoms with van der Waals surface area (Å²) in [5.41, 5.74) is 11.3. The van der Waals surface area contributed by atoms with Crippen molar-refractivity contribution in [2.24, 2.45) is 17.4 Å². The van der Waals surface area contributed by atoms with Gasteiger partial charge in [-0.2, -0.15) is 0 Å². The zero-order chi connectivity index (χ0) is 13.5. The number of amides is 2. The molecule has 1 aromatic carbocycles. The quantitative estimate of drug-likeness (QED) is 0.694. The Morgan fingerprint density at radius 2 is 1.83 bits per heavy atom. The lowest BCUT2D eigenvalue weighted by atomic mass is 9.98. The molecule has 0 bridgehead atoms. The van der Waals surface area contributed by atoms with Crippen LogP contribution in [0.3, 0.4) is 0 Å². The number of rotatable bonds is 7. The first-order chi connectivity index (χ1) is 8.56. The van der Waals surface area contributed by atoms with E-state index in [1.54, 1.807) is 7.11 Å². The summed E-state index contributed by atoms with van der Waals surface area (Å²) in [6.07, 6.45) is 1.72. The van der Waals surface area contributed by atoms with Gasteiger partial charge in [0.2, 0.25) is 11.8 Å². The van der Waals surface area contributed by atoms with Crippen LogP contribution in [0, 0.1) is 5.92 Å². The summed E-state index contributed by atoms with van der Waals surface area (Å²) in [4.78, 5) is 22.0. The average molecular weight is 250 g/mol. The molecule has 0 radical (unpaired) electrons. The summed E-state index contributed by atoms with van der Waals surface area (Å²) in [6.45, 7) is 0. The molecule has 4 N–H and O–H groups in total. The minimum Gasteiger partial charge on any atom is -0.496 e. The van der Waals surface area contributed by atoms with Crippen molar-refractivity contribution in [1.82, 2.24) is 0 Å². The van der Waals surface area contributed by atoms with E-state index in [1.807, 2.05) is 24.3 Å². The number of methoxy groups -OCH3 is 1. The lowest BCUT2D eigenvalue weighted by molar-refractivity contribution is -0.131. The van der Waals surface area contributed by atoms with E-state index in [0.717, 1.165) is 11.3 Å². The zero-order valence-electron chi connectivity index (χ0n) is 10.4. The Morgan fingerprint density at radius 3 is 2.39 bits per heavy atom. The number of carbonyl (C=O) groups excluding carboxylic acids is 2. The van der Waals surface area contributed by atoms with E-state index in [-0.39, 0.29) is 0 Å². The number of benzene rings is 1. The molecule has 1 aromatic rings. The Morgan fingerprint density at radius 1 is 1.22 bits per heavy atom. The fourth-order valence-corrected chi connectivity index (χ4v) is 1.83. The molecule has 0 aliphatic carbocycles. The first-order valence-electron chi connectivity index (χ1n) is 5.76. The van der Waals surface area contributed by atoms with E-state index < -0.39 is 17.7 Å². The number of carbonyl (C=O) groups is 2. The minimum atomic E-state index is -0.889. The van der Waals surface area contributed by atoms with Crippen molar-refractivity contribution in [3.05, 3.63) is 29.8 Å². The highest BCUT2D eigenvalue weighted by Gasteiger charge is 2.20. The Labute approximate surface area is 106 Å². The molecule has 98 valence electrons. The maximum atomic E-state index is 11.0. The van der Waals surface area contributed by atoms with Crippen LogP contribution in [0.5, 0.6) is 5.75 Å². The first-order valence-corrected chi connectivity index (χ1v) is 5.76. The Kier molecular flexibility index (Phi) is 5.17. The molecular weight excluding hydrogens is 232 g/mol. The van der Waals surface area contributed by atoms with Crippen LogP contribution in [0.2, 0.25) is 0 Å². The van der Waals surface area contributed by atoms with Gasteiger partial charge in [-0.3, -0.25) is 9.59 Å². The van der Waals surface area contributed by atoms with Crippen LogP contribution < -0.4 is 16.2 Å². The van der Waals surface area contributed by atoms with Gasteiger partial charge >= 0.3 is 0 Å². The van der Waals surface area contributed by atoms with Crippen molar-refractivity contribution in [2.45, 2.75) is 19.3 Å². The maximum Gasteiger partial charge on any atom is 0.229 e. The van der Waals surface area contributed by atoms with Gasteiger partial charge in [0, 0.05) is 0 Å². The summed E-state index contributed by atoms with van der Waals surface area (Å²) in [7, 11) is 1.61. The Balaban J connectivity index is 2.55. The number of hydrogen-bond donors (Lipinski definition) is 2. The number of primary amides is 2. The molecule has 1 rings (SSSR count). The van der Waals surface area contributed by atoms with Gasteiger partial charge < -0.3 is 16.2 Å². The van der Waals surface area contributed by atoms with Crippen molar-refractivity contribution in [2.75, 3.05) is 7.11 Å². The average Bonchev–Trinajstić information content (AvgIpc) is 2.34. The van der Waals surface area contributed by atoms with Crippen molar-refractivity contribution in [3.8, 4) is 5.75 Å². The molecule has 5 nitrogen and oxygen atoms in total. The standard InChI is InChI=1S/C13H18N2O3/c1-18-11-8-3-2-5-9(11)6-4-7-10(12(14)16)13(15)17/h2-3,5,8,10H,4,6-7H2,1H3,(H2,14,16)(H2,15,17). The summed E-state index contributed by atoms with van der Waals surface area (Å²) >= 11 is 0. The summed E-state index contributed by atoms with van der Waals surface area (Å²) in [5.74, 6) is -1.42. The number of aryl methyl sites for hydroxylation is 1. The highest BCUT2D eigenvalue weighted by atomic mass is 16.5. The second-order valence-electron chi connectivity index (χ2n) is 4.06. The van der Waals surface area contributed by atoms with E-state index in [1.165, 1.54) is 0 Å². The van der Waals surface area contributed by atoms with Crippen molar-refractivity contribution in [3.63, 3.8) is 0 Å². The first kappa shape index (κ1) is 14.0. The maximum absolute atomic E-state index is 11.0. The van der Waals surface area contributed by atoms with Gasteiger partial charge in [0.25, 0.3) is 0 Å². The summed E-state index contributed by atoms with van der Waals surface area (Å²) in [6, 6.07) is 7.62. The fourth-order valence-electron chi connectivity index (χ4n) is 1.83. The Hall–Kier alpha value is -2.04. The van der Waals surface area contributed by atoms with E-state index in [9.17, 15) is 9.59 Å². The van der Waals surface area contributed by atoms with Gasteiger partial charge in [0.05, 0.1) is 7.11 Å². The predicted molar refractivity (Wildman–Crippen MR) is 67.8 cm³/mol. The SMILES string of the molecule is COc1ccccc1CCCC(C(N)=O)C(N)=O. The van der Waals surface area contributed by atoms with Crippen LogP contribution in [-0.4, -0.2) is 18.9 Å². The van der Waals surface area contributed by atoms with Crippen LogP contribution in [-0.2, 0) is 16.0 Å². The molecule has 0 aliphatic heterocycles. The summed E-state index contributed by atoms with van der Waals surface area (Å²) in [5, 5.41) is 0. The molecule has 0 saturated heterocycles. The van der Waals surface area contributed by atoms with Crippen LogP contribution >= 0.6 is 0 Å². The van der Waals surface area contributed by atoms with Crippen LogP contribution in [0.1, 0.15) is 18.4 Å². The molecule has 0 heterocycles. The minimum absolute atomic E-state index is 0.364. The number of hydrogen-bond acceptors (Lipinski definition) is 3. The van der Waals surface area contributed by atoms with Crippen molar-refractivity contribution in [1.29, 1.82) is 0 Å². The zero-order valence-corrected chi connectivity index (χ0v) is 10.4. The van der Waals surface area contributed by atoms with Crippen molar-refractivity contribution >= 4 is 11.8 Å².